The molecule has 24 heavy (non-hydrogen) atoms. The van der Waals surface area contributed by atoms with Gasteiger partial charge in [0.2, 0.25) is 11.8 Å². The lowest BCUT2D eigenvalue weighted by atomic mass is 10.1. The van der Waals surface area contributed by atoms with E-state index in [-0.39, 0.29) is 42.7 Å². The molecule has 2 heterocycles. The SMILES string of the molecule is CC(N)CCC(=O)N1CCN(CC(=O)N2CCCCC2)CC1.Cl.Cl. The lowest BCUT2D eigenvalue weighted by Gasteiger charge is -2.36. The zero-order chi connectivity index (χ0) is 15.9. The Kier molecular flexibility index (Phi) is 11.6. The highest BCUT2D eigenvalue weighted by atomic mass is 35.5. The molecule has 0 aromatic carbocycles. The van der Waals surface area contributed by atoms with Crippen molar-refractivity contribution in [3.8, 4) is 0 Å². The monoisotopic (exact) mass is 382 g/mol. The van der Waals surface area contributed by atoms with Gasteiger partial charge in [-0.25, -0.2) is 0 Å². The van der Waals surface area contributed by atoms with Gasteiger partial charge in [-0.05, 0) is 32.6 Å². The highest BCUT2D eigenvalue weighted by molar-refractivity contribution is 5.85. The molecule has 2 aliphatic rings. The second kappa shape index (κ2) is 11.9. The predicted molar refractivity (Wildman–Crippen MR) is 101 cm³/mol. The summed E-state index contributed by atoms with van der Waals surface area (Å²) in [5.41, 5.74) is 5.70. The Bertz CT molecular complexity index is 382. The minimum absolute atomic E-state index is 0. The summed E-state index contributed by atoms with van der Waals surface area (Å²) >= 11 is 0. The van der Waals surface area contributed by atoms with E-state index in [1.54, 1.807) is 0 Å². The van der Waals surface area contributed by atoms with Crippen LogP contribution in [0.5, 0.6) is 0 Å². The van der Waals surface area contributed by atoms with Crippen LogP contribution in [0, 0.1) is 0 Å². The number of hydrogen-bond acceptors (Lipinski definition) is 4. The van der Waals surface area contributed by atoms with Gasteiger partial charge in [0.1, 0.15) is 0 Å². The van der Waals surface area contributed by atoms with Crippen molar-refractivity contribution in [3.63, 3.8) is 0 Å². The molecule has 1 unspecified atom stereocenters. The van der Waals surface area contributed by atoms with Crippen LogP contribution in [0.3, 0.4) is 0 Å². The number of hydrogen-bond donors (Lipinski definition) is 1. The second-order valence-corrected chi connectivity index (χ2v) is 6.61. The molecule has 0 bridgehead atoms. The highest BCUT2D eigenvalue weighted by Crippen LogP contribution is 2.11. The molecule has 0 saturated carbocycles. The van der Waals surface area contributed by atoms with Gasteiger partial charge < -0.3 is 15.5 Å². The third-order valence-corrected chi connectivity index (χ3v) is 4.61. The predicted octanol–water partition coefficient (Wildman–Crippen LogP) is 1.11. The Morgan fingerprint density at radius 3 is 1.96 bits per heavy atom. The highest BCUT2D eigenvalue weighted by Gasteiger charge is 2.24. The third kappa shape index (κ3) is 7.55. The maximum absolute atomic E-state index is 12.2. The minimum Gasteiger partial charge on any atom is -0.342 e. The molecule has 2 N–H and O–H groups in total. The summed E-state index contributed by atoms with van der Waals surface area (Å²) in [5.74, 6) is 0.441. The van der Waals surface area contributed by atoms with Crippen LogP contribution < -0.4 is 5.73 Å². The van der Waals surface area contributed by atoms with E-state index in [1.165, 1.54) is 6.42 Å². The molecule has 2 aliphatic heterocycles. The fourth-order valence-electron chi connectivity index (χ4n) is 3.10. The van der Waals surface area contributed by atoms with Gasteiger partial charge >= 0.3 is 0 Å². The van der Waals surface area contributed by atoms with E-state index in [4.69, 9.17) is 5.73 Å². The van der Waals surface area contributed by atoms with Crippen LogP contribution >= 0.6 is 24.8 Å². The van der Waals surface area contributed by atoms with Crippen molar-refractivity contribution in [2.75, 3.05) is 45.8 Å². The molecule has 0 aliphatic carbocycles. The van der Waals surface area contributed by atoms with Gasteiger partial charge in [0.25, 0.3) is 0 Å². The van der Waals surface area contributed by atoms with Crippen molar-refractivity contribution in [1.82, 2.24) is 14.7 Å². The van der Waals surface area contributed by atoms with Crippen molar-refractivity contribution in [2.24, 2.45) is 5.73 Å². The topological polar surface area (TPSA) is 69.9 Å². The molecule has 8 heteroatoms. The van der Waals surface area contributed by atoms with Gasteiger partial charge in [0, 0.05) is 51.7 Å². The van der Waals surface area contributed by atoms with Gasteiger partial charge in [-0.3, -0.25) is 14.5 Å². The van der Waals surface area contributed by atoms with Crippen molar-refractivity contribution in [2.45, 2.75) is 45.1 Å². The Hall–Kier alpha value is -0.560. The Morgan fingerprint density at radius 2 is 1.42 bits per heavy atom. The average molecular weight is 383 g/mol. The molecule has 2 saturated heterocycles. The first-order chi connectivity index (χ1) is 10.6. The van der Waals surface area contributed by atoms with E-state index in [9.17, 15) is 9.59 Å². The van der Waals surface area contributed by atoms with Crippen LogP contribution in [0.1, 0.15) is 39.0 Å². The summed E-state index contributed by atoms with van der Waals surface area (Å²) in [7, 11) is 0. The lowest BCUT2D eigenvalue weighted by molar-refractivity contribution is -0.135. The summed E-state index contributed by atoms with van der Waals surface area (Å²) < 4.78 is 0. The quantitative estimate of drug-likeness (QED) is 0.772. The number of piperazine rings is 1. The van der Waals surface area contributed by atoms with Crippen LogP contribution in [-0.2, 0) is 9.59 Å². The van der Waals surface area contributed by atoms with E-state index in [1.807, 2.05) is 16.7 Å². The number of rotatable bonds is 5. The van der Waals surface area contributed by atoms with Crippen molar-refractivity contribution in [1.29, 1.82) is 0 Å². The van der Waals surface area contributed by atoms with Gasteiger partial charge in [-0.1, -0.05) is 0 Å². The molecule has 142 valence electrons. The van der Waals surface area contributed by atoms with Crippen LogP contribution in [0.2, 0.25) is 0 Å². The van der Waals surface area contributed by atoms with E-state index < -0.39 is 0 Å². The molecule has 6 nitrogen and oxygen atoms in total. The first kappa shape index (κ1) is 23.4. The van der Waals surface area contributed by atoms with Gasteiger partial charge in [-0.15, -0.1) is 24.8 Å². The first-order valence-electron chi connectivity index (χ1n) is 8.60. The van der Waals surface area contributed by atoms with Gasteiger partial charge in [-0.2, -0.15) is 0 Å². The molecule has 2 fully saturated rings. The summed E-state index contributed by atoms with van der Waals surface area (Å²) in [6, 6.07) is 0.0763. The van der Waals surface area contributed by atoms with E-state index in [2.05, 4.69) is 4.90 Å². The van der Waals surface area contributed by atoms with E-state index >= 15 is 0 Å². The minimum atomic E-state index is 0. The first-order valence-corrected chi connectivity index (χ1v) is 8.60. The standard InChI is InChI=1S/C16H30N4O2.2ClH/c1-14(17)5-6-15(21)20-11-9-18(10-12-20)13-16(22)19-7-3-2-4-8-19;;/h14H,2-13,17H2,1H3;2*1H. The molecule has 2 rings (SSSR count). The largest absolute Gasteiger partial charge is 0.342 e. The lowest BCUT2D eigenvalue weighted by Crippen LogP contribution is -2.52. The van der Waals surface area contributed by atoms with Crippen LogP contribution in [-0.4, -0.2) is 78.4 Å². The number of nitrogens with two attached hydrogens (primary N) is 1. The number of likely N-dealkylation sites (tertiary alicyclic amines) is 1. The fourth-order valence-corrected chi connectivity index (χ4v) is 3.10. The molecule has 0 spiro atoms. The molecule has 0 radical (unpaired) electrons. The van der Waals surface area contributed by atoms with E-state index in [0.717, 1.165) is 58.5 Å². The Labute approximate surface area is 157 Å². The number of nitrogens with zero attached hydrogens (tertiary/aromatic N) is 3. The summed E-state index contributed by atoms with van der Waals surface area (Å²) in [5, 5.41) is 0. The average Bonchev–Trinajstić information content (AvgIpc) is 2.54. The number of piperidine rings is 1. The number of carbonyl (C=O) groups excluding carboxylic acids is 2. The second-order valence-electron chi connectivity index (χ2n) is 6.61. The number of amides is 2. The number of carbonyl (C=O) groups is 2. The van der Waals surface area contributed by atoms with Crippen molar-refractivity contribution < 1.29 is 9.59 Å². The summed E-state index contributed by atoms with van der Waals surface area (Å²) in [4.78, 5) is 30.4. The van der Waals surface area contributed by atoms with Crippen molar-refractivity contribution >= 4 is 36.6 Å². The van der Waals surface area contributed by atoms with Gasteiger partial charge in [0.15, 0.2) is 0 Å². The smallest absolute Gasteiger partial charge is 0.236 e. The summed E-state index contributed by atoms with van der Waals surface area (Å²) in [6.07, 6.45) is 4.78. The molecular weight excluding hydrogens is 351 g/mol. The van der Waals surface area contributed by atoms with E-state index in [0.29, 0.717) is 13.0 Å². The Balaban J connectivity index is 0.00000264. The van der Waals surface area contributed by atoms with Crippen LogP contribution in [0.25, 0.3) is 0 Å². The molecular formula is C16H32Cl2N4O2. The molecule has 0 aromatic rings. The van der Waals surface area contributed by atoms with Crippen LogP contribution in [0.4, 0.5) is 0 Å². The third-order valence-electron chi connectivity index (χ3n) is 4.61. The van der Waals surface area contributed by atoms with Crippen LogP contribution in [0.15, 0.2) is 0 Å². The Morgan fingerprint density at radius 1 is 0.875 bits per heavy atom. The maximum atomic E-state index is 12.2. The normalized spacial score (nSPS) is 19.9. The number of halogens is 2. The molecule has 1 atom stereocenters. The maximum Gasteiger partial charge on any atom is 0.236 e. The fraction of sp³-hybridized carbons (Fsp3) is 0.875. The summed E-state index contributed by atoms with van der Waals surface area (Å²) in [6.45, 7) is 7.30. The van der Waals surface area contributed by atoms with Crippen molar-refractivity contribution in [3.05, 3.63) is 0 Å². The zero-order valence-corrected chi connectivity index (χ0v) is 16.2. The van der Waals surface area contributed by atoms with Gasteiger partial charge in [0.05, 0.1) is 6.54 Å². The molecule has 0 aromatic heterocycles. The molecule has 2 amide bonds. The zero-order valence-electron chi connectivity index (χ0n) is 14.6.